The Kier molecular flexibility index (Phi) is 2.46. The summed E-state index contributed by atoms with van der Waals surface area (Å²) in [6.07, 6.45) is 0.888. The van der Waals surface area contributed by atoms with E-state index in [4.69, 9.17) is 5.73 Å². The molecule has 0 amide bonds. The first-order valence-electron chi connectivity index (χ1n) is 4.80. The third-order valence-corrected chi connectivity index (χ3v) is 2.49. The van der Waals surface area contributed by atoms with Crippen LogP contribution in [0.3, 0.4) is 0 Å². The molecule has 0 spiro atoms. The number of aliphatic hydroxyl groups is 1. The molecule has 0 saturated heterocycles. The first-order chi connectivity index (χ1) is 7.09. The first-order valence-corrected chi connectivity index (χ1v) is 4.80. The number of benzene rings is 1. The highest BCUT2D eigenvalue weighted by Gasteiger charge is 2.16. The number of halogens is 1. The molecule has 4 heteroatoms. The van der Waals surface area contributed by atoms with Gasteiger partial charge in [-0.1, -0.05) is 0 Å². The summed E-state index contributed by atoms with van der Waals surface area (Å²) in [5.74, 6) is -0.319. The van der Waals surface area contributed by atoms with Crippen LogP contribution in [-0.2, 0) is 0 Å². The van der Waals surface area contributed by atoms with E-state index in [9.17, 15) is 9.50 Å². The molecule has 2 aromatic rings. The van der Waals surface area contributed by atoms with Gasteiger partial charge in [-0.3, -0.25) is 0 Å². The van der Waals surface area contributed by atoms with Crippen LogP contribution in [0.2, 0.25) is 0 Å². The fourth-order valence-electron chi connectivity index (χ4n) is 1.64. The molecule has 0 radical (unpaired) electrons. The monoisotopic (exact) mass is 208 g/mol. The lowest BCUT2D eigenvalue weighted by atomic mass is 10.0. The van der Waals surface area contributed by atoms with Gasteiger partial charge in [-0.15, -0.1) is 0 Å². The zero-order valence-corrected chi connectivity index (χ0v) is 8.37. The number of fused-ring (bicyclic) bond motifs is 1. The first kappa shape index (κ1) is 10.1. The SMILES string of the molecule is CC(N)C(O)c1c[nH]c2ccc(F)cc12. The van der Waals surface area contributed by atoms with Gasteiger partial charge in [0.15, 0.2) is 0 Å². The lowest BCUT2D eigenvalue weighted by molar-refractivity contribution is 0.155. The highest BCUT2D eigenvalue weighted by Crippen LogP contribution is 2.26. The lowest BCUT2D eigenvalue weighted by Gasteiger charge is -2.13. The van der Waals surface area contributed by atoms with Crippen molar-refractivity contribution >= 4 is 10.9 Å². The third-order valence-electron chi connectivity index (χ3n) is 2.49. The maximum absolute atomic E-state index is 13.0. The average molecular weight is 208 g/mol. The smallest absolute Gasteiger partial charge is 0.123 e. The summed E-state index contributed by atoms with van der Waals surface area (Å²) in [5, 5.41) is 10.5. The predicted molar refractivity (Wildman–Crippen MR) is 56.9 cm³/mol. The van der Waals surface area contributed by atoms with Gasteiger partial charge in [-0.2, -0.15) is 0 Å². The van der Waals surface area contributed by atoms with Crippen LogP contribution < -0.4 is 5.73 Å². The molecule has 0 bridgehead atoms. The summed E-state index contributed by atoms with van der Waals surface area (Å²) < 4.78 is 13.0. The van der Waals surface area contributed by atoms with Crippen molar-refractivity contribution in [3.05, 3.63) is 35.8 Å². The van der Waals surface area contributed by atoms with Gasteiger partial charge >= 0.3 is 0 Å². The van der Waals surface area contributed by atoms with Crippen LogP contribution in [0.4, 0.5) is 4.39 Å². The summed E-state index contributed by atoms with van der Waals surface area (Å²) in [6, 6.07) is 4.03. The van der Waals surface area contributed by atoms with Crippen LogP contribution >= 0.6 is 0 Å². The quantitative estimate of drug-likeness (QED) is 0.703. The summed E-state index contributed by atoms with van der Waals surface area (Å²) >= 11 is 0. The molecule has 4 N–H and O–H groups in total. The molecule has 0 saturated carbocycles. The molecule has 2 unspecified atom stereocenters. The van der Waals surface area contributed by atoms with E-state index in [2.05, 4.69) is 4.98 Å². The van der Waals surface area contributed by atoms with Crippen molar-refractivity contribution in [3.63, 3.8) is 0 Å². The summed E-state index contributed by atoms with van der Waals surface area (Å²) in [7, 11) is 0. The van der Waals surface area contributed by atoms with E-state index >= 15 is 0 Å². The number of rotatable bonds is 2. The molecule has 0 aliphatic carbocycles. The van der Waals surface area contributed by atoms with Crippen molar-refractivity contribution in [3.8, 4) is 0 Å². The molecule has 0 fully saturated rings. The second-order valence-corrected chi connectivity index (χ2v) is 3.74. The van der Waals surface area contributed by atoms with Crippen LogP contribution in [0, 0.1) is 5.82 Å². The van der Waals surface area contributed by atoms with E-state index in [0.717, 1.165) is 5.52 Å². The van der Waals surface area contributed by atoms with E-state index in [-0.39, 0.29) is 11.9 Å². The number of aliphatic hydroxyl groups excluding tert-OH is 1. The Labute approximate surface area is 86.7 Å². The van der Waals surface area contributed by atoms with E-state index in [1.165, 1.54) is 12.1 Å². The number of nitrogens with one attached hydrogen (secondary N) is 1. The van der Waals surface area contributed by atoms with Gasteiger partial charge in [-0.05, 0) is 25.1 Å². The van der Waals surface area contributed by atoms with Gasteiger partial charge in [0.1, 0.15) is 5.82 Å². The standard InChI is InChI=1S/C11H13FN2O/c1-6(13)11(15)9-5-14-10-3-2-7(12)4-8(9)10/h2-6,11,14-15H,13H2,1H3. The van der Waals surface area contributed by atoms with Gasteiger partial charge in [0.2, 0.25) is 0 Å². The van der Waals surface area contributed by atoms with Crippen molar-refractivity contribution in [2.24, 2.45) is 5.73 Å². The Morgan fingerprint density at radius 3 is 2.87 bits per heavy atom. The molecule has 2 rings (SSSR count). The Morgan fingerprint density at radius 2 is 2.20 bits per heavy atom. The lowest BCUT2D eigenvalue weighted by Crippen LogP contribution is -2.24. The zero-order chi connectivity index (χ0) is 11.0. The number of H-pyrrole nitrogens is 1. The molecule has 1 heterocycles. The second kappa shape index (κ2) is 3.64. The molecule has 0 aliphatic rings. The van der Waals surface area contributed by atoms with Crippen LogP contribution in [0.5, 0.6) is 0 Å². The molecule has 80 valence electrons. The Bertz CT molecular complexity index is 478. The molecular weight excluding hydrogens is 195 g/mol. The number of aromatic nitrogens is 1. The summed E-state index contributed by atoms with van der Waals surface area (Å²) in [4.78, 5) is 2.97. The van der Waals surface area contributed by atoms with E-state index in [0.29, 0.717) is 10.9 Å². The molecule has 2 atom stereocenters. The fourth-order valence-corrected chi connectivity index (χ4v) is 1.64. The van der Waals surface area contributed by atoms with Crippen molar-refractivity contribution in [2.45, 2.75) is 19.1 Å². The van der Waals surface area contributed by atoms with Crippen molar-refractivity contribution in [2.75, 3.05) is 0 Å². The van der Waals surface area contributed by atoms with Crippen molar-refractivity contribution in [1.29, 1.82) is 0 Å². The number of nitrogens with two attached hydrogens (primary N) is 1. The summed E-state index contributed by atoms with van der Waals surface area (Å²) in [5.41, 5.74) is 7.03. The third kappa shape index (κ3) is 1.73. The minimum atomic E-state index is -0.777. The van der Waals surface area contributed by atoms with Gasteiger partial charge in [0.25, 0.3) is 0 Å². The van der Waals surface area contributed by atoms with E-state index in [1.54, 1.807) is 19.2 Å². The van der Waals surface area contributed by atoms with E-state index in [1.807, 2.05) is 0 Å². The topological polar surface area (TPSA) is 62.0 Å². The molecule has 15 heavy (non-hydrogen) atoms. The van der Waals surface area contributed by atoms with Crippen LogP contribution in [-0.4, -0.2) is 16.1 Å². The maximum Gasteiger partial charge on any atom is 0.123 e. The van der Waals surface area contributed by atoms with Crippen LogP contribution in [0.15, 0.2) is 24.4 Å². The predicted octanol–water partition coefficient (Wildman–Crippen LogP) is 1.69. The van der Waals surface area contributed by atoms with Gasteiger partial charge < -0.3 is 15.8 Å². The Hall–Kier alpha value is -1.39. The van der Waals surface area contributed by atoms with Gasteiger partial charge in [0, 0.05) is 28.7 Å². The highest BCUT2D eigenvalue weighted by molar-refractivity contribution is 5.83. The van der Waals surface area contributed by atoms with Crippen LogP contribution in [0.1, 0.15) is 18.6 Å². The Morgan fingerprint density at radius 1 is 1.47 bits per heavy atom. The molecule has 0 aliphatic heterocycles. The normalized spacial score (nSPS) is 15.5. The largest absolute Gasteiger partial charge is 0.387 e. The number of hydrogen-bond acceptors (Lipinski definition) is 2. The molecular formula is C11H13FN2O. The van der Waals surface area contributed by atoms with Gasteiger partial charge in [-0.25, -0.2) is 4.39 Å². The molecule has 1 aromatic carbocycles. The number of aromatic amines is 1. The molecule has 3 nitrogen and oxygen atoms in total. The second-order valence-electron chi connectivity index (χ2n) is 3.74. The summed E-state index contributed by atoms with van der Waals surface area (Å²) in [6.45, 7) is 1.71. The van der Waals surface area contributed by atoms with Crippen molar-refractivity contribution < 1.29 is 9.50 Å². The maximum atomic E-state index is 13.0. The number of hydrogen-bond donors (Lipinski definition) is 3. The van der Waals surface area contributed by atoms with Crippen LogP contribution in [0.25, 0.3) is 10.9 Å². The average Bonchev–Trinajstić information content (AvgIpc) is 2.59. The minimum Gasteiger partial charge on any atom is -0.387 e. The zero-order valence-electron chi connectivity index (χ0n) is 8.37. The Balaban J connectivity index is 2.56. The van der Waals surface area contributed by atoms with E-state index < -0.39 is 6.10 Å². The van der Waals surface area contributed by atoms with Gasteiger partial charge in [0.05, 0.1) is 6.10 Å². The van der Waals surface area contributed by atoms with Crippen molar-refractivity contribution in [1.82, 2.24) is 4.98 Å². The fraction of sp³-hybridized carbons (Fsp3) is 0.273. The minimum absolute atomic E-state index is 0.319. The highest BCUT2D eigenvalue weighted by atomic mass is 19.1. The molecule has 1 aromatic heterocycles.